The Hall–Kier alpha value is -1.28. The van der Waals surface area contributed by atoms with Gasteiger partial charge in [0, 0.05) is 36.7 Å². The molecule has 25 heavy (non-hydrogen) atoms. The van der Waals surface area contributed by atoms with Gasteiger partial charge in [-0.2, -0.15) is 11.8 Å². The summed E-state index contributed by atoms with van der Waals surface area (Å²) in [6.45, 7) is 4.24. The maximum absolute atomic E-state index is 12.5. The smallest absolute Gasteiger partial charge is 0.215 e. The van der Waals surface area contributed by atoms with Gasteiger partial charge in [-0.05, 0) is 18.6 Å². The molecule has 1 aromatic heterocycles. The van der Waals surface area contributed by atoms with Crippen LogP contribution in [0.25, 0.3) is 0 Å². The maximum atomic E-state index is 12.5. The van der Waals surface area contributed by atoms with E-state index < -0.39 is 10.0 Å². The van der Waals surface area contributed by atoms with E-state index in [1.165, 1.54) is 0 Å². The normalized spacial score (nSPS) is 17.5. The summed E-state index contributed by atoms with van der Waals surface area (Å²) in [6.07, 6.45) is 3.35. The monoisotopic (exact) mass is 380 g/mol. The zero-order valence-electron chi connectivity index (χ0n) is 14.3. The molecule has 1 aliphatic rings. The van der Waals surface area contributed by atoms with Gasteiger partial charge < -0.3 is 4.42 Å². The molecule has 5 nitrogen and oxygen atoms in total. The maximum Gasteiger partial charge on any atom is 0.215 e. The van der Waals surface area contributed by atoms with Crippen molar-refractivity contribution < 1.29 is 12.8 Å². The van der Waals surface area contributed by atoms with E-state index >= 15 is 0 Å². The van der Waals surface area contributed by atoms with Crippen LogP contribution in [-0.2, 0) is 15.8 Å². The molecule has 0 saturated carbocycles. The Morgan fingerprint density at radius 2 is 2.08 bits per heavy atom. The van der Waals surface area contributed by atoms with Crippen LogP contribution in [0.15, 0.2) is 47.3 Å². The third-order valence-electron chi connectivity index (χ3n) is 4.35. The molecule has 3 rings (SSSR count). The fraction of sp³-hybridized carbons (Fsp3) is 0.444. The van der Waals surface area contributed by atoms with Crippen LogP contribution in [0.4, 0.5) is 0 Å². The van der Waals surface area contributed by atoms with Crippen molar-refractivity contribution >= 4 is 21.8 Å². The SMILES string of the molecule is Cc1cccc(CS(=O)(=O)NCC(c2ccoc2)N2CCSCC2)c1. The van der Waals surface area contributed by atoms with Gasteiger partial charge >= 0.3 is 0 Å². The fourth-order valence-electron chi connectivity index (χ4n) is 3.09. The molecule has 136 valence electrons. The zero-order valence-corrected chi connectivity index (χ0v) is 16.0. The highest BCUT2D eigenvalue weighted by molar-refractivity contribution is 7.99. The summed E-state index contributed by atoms with van der Waals surface area (Å²) in [5.74, 6) is 2.15. The van der Waals surface area contributed by atoms with E-state index in [2.05, 4.69) is 9.62 Å². The van der Waals surface area contributed by atoms with Gasteiger partial charge in [0.15, 0.2) is 0 Å². The third-order valence-corrected chi connectivity index (χ3v) is 6.61. The summed E-state index contributed by atoms with van der Waals surface area (Å²) in [5.41, 5.74) is 2.89. The average molecular weight is 381 g/mol. The van der Waals surface area contributed by atoms with Gasteiger partial charge in [-0.1, -0.05) is 29.8 Å². The molecule has 1 atom stereocenters. The molecule has 0 spiro atoms. The first-order valence-corrected chi connectivity index (χ1v) is 11.2. The summed E-state index contributed by atoms with van der Waals surface area (Å²) >= 11 is 1.94. The van der Waals surface area contributed by atoms with Gasteiger partial charge in [0.2, 0.25) is 10.0 Å². The molecule has 0 amide bonds. The molecule has 0 aliphatic carbocycles. The lowest BCUT2D eigenvalue weighted by atomic mass is 10.1. The van der Waals surface area contributed by atoms with Crippen molar-refractivity contribution in [3.8, 4) is 0 Å². The zero-order chi connectivity index (χ0) is 17.7. The second kappa shape index (κ2) is 8.40. The second-order valence-corrected chi connectivity index (χ2v) is 9.35. The highest BCUT2D eigenvalue weighted by Gasteiger charge is 2.25. The average Bonchev–Trinajstić information content (AvgIpc) is 3.10. The lowest BCUT2D eigenvalue weighted by molar-refractivity contribution is 0.218. The van der Waals surface area contributed by atoms with Gasteiger partial charge in [-0.15, -0.1) is 0 Å². The summed E-state index contributed by atoms with van der Waals surface area (Å²) in [7, 11) is -3.39. The first kappa shape index (κ1) is 18.5. The van der Waals surface area contributed by atoms with E-state index in [0.717, 1.165) is 41.3 Å². The number of benzene rings is 1. The molecule has 2 aromatic rings. The quantitative estimate of drug-likeness (QED) is 0.800. The lowest BCUT2D eigenvalue weighted by Crippen LogP contribution is -2.42. The number of rotatable bonds is 7. The van der Waals surface area contributed by atoms with Crippen molar-refractivity contribution in [2.75, 3.05) is 31.1 Å². The van der Waals surface area contributed by atoms with Gasteiger partial charge in [-0.25, -0.2) is 13.1 Å². The summed E-state index contributed by atoms with van der Waals surface area (Å²) in [4.78, 5) is 2.33. The van der Waals surface area contributed by atoms with Gasteiger partial charge in [0.25, 0.3) is 0 Å². The lowest BCUT2D eigenvalue weighted by Gasteiger charge is -2.33. The van der Waals surface area contributed by atoms with E-state index in [0.29, 0.717) is 6.54 Å². The Morgan fingerprint density at radius 1 is 1.28 bits per heavy atom. The molecule has 2 heterocycles. The van der Waals surface area contributed by atoms with Crippen LogP contribution in [0, 0.1) is 6.92 Å². The van der Waals surface area contributed by atoms with Crippen molar-refractivity contribution in [3.63, 3.8) is 0 Å². The van der Waals surface area contributed by atoms with Crippen LogP contribution in [0.1, 0.15) is 22.7 Å². The first-order valence-electron chi connectivity index (χ1n) is 8.40. The Balaban J connectivity index is 1.67. The van der Waals surface area contributed by atoms with Crippen molar-refractivity contribution in [2.24, 2.45) is 0 Å². The van der Waals surface area contributed by atoms with E-state index in [9.17, 15) is 8.42 Å². The minimum Gasteiger partial charge on any atom is -0.472 e. The standard InChI is InChI=1S/C18H24N2O3S2/c1-15-3-2-4-16(11-15)14-25(21,22)19-12-18(17-5-8-23-13-17)20-6-9-24-10-7-20/h2-5,8,11,13,18-19H,6-7,9-10,12,14H2,1H3. The number of hydrogen-bond acceptors (Lipinski definition) is 5. The molecule has 1 aliphatic heterocycles. The summed E-state index contributed by atoms with van der Waals surface area (Å²) < 4.78 is 33.0. The predicted octanol–water partition coefficient (Wildman–Crippen LogP) is 2.80. The Kier molecular flexibility index (Phi) is 6.22. The molecule has 7 heteroatoms. The number of hydrogen-bond donors (Lipinski definition) is 1. The molecule has 1 N–H and O–H groups in total. The van der Waals surface area contributed by atoms with Crippen molar-refractivity contribution in [1.82, 2.24) is 9.62 Å². The third kappa shape index (κ3) is 5.34. The van der Waals surface area contributed by atoms with Crippen LogP contribution in [-0.4, -0.2) is 44.5 Å². The summed E-state index contributed by atoms with van der Waals surface area (Å²) in [6, 6.07) is 9.54. The van der Waals surface area contributed by atoms with Crippen LogP contribution in [0.2, 0.25) is 0 Å². The number of nitrogens with zero attached hydrogens (tertiary/aromatic N) is 1. The van der Waals surface area contributed by atoms with Crippen molar-refractivity contribution in [3.05, 3.63) is 59.5 Å². The van der Waals surface area contributed by atoms with Crippen LogP contribution >= 0.6 is 11.8 Å². The van der Waals surface area contributed by atoms with E-state index in [4.69, 9.17) is 4.42 Å². The van der Waals surface area contributed by atoms with Gasteiger partial charge in [0.1, 0.15) is 0 Å². The van der Waals surface area contributed by atoms with Crippen LogP contribution in [0.3, 0.4) is 0 Å². The Bertz CT molecular complexity index is 769. The molecule has 1 fully saturated rings. The molecular weight excluding hydrogens is 356 g/mol. The molecule has 0 radical (unpaired) electrons. The Morgan fingerprint density at radius 3 is 2.76 bits per heavy atom. The molecular formula is C18H24N2O3S2. The van der Waals surface area contributed by atoms with Crippen molar-refractivity contribution in [2.45, 2.75) is 18.7 Å². The van der Waals surface area contributed by atoms with E-state index in [1.807, 2.05) is 49.0 Å². The summed E-state index contributed by atoms with van der Waals surface area (Å²) in [5, 5.41) is 0. The minimum absolute atomic E-state index is 0.00262. The Labute approximate surface area is 153 Å². The number of aryl methyl sites for hydroxylation is 1. The molecule has 0 bridgehead atoms. The number of sulfonamides is 1. The topological polar surface area (TPSA) is 62.6 Å². The van der Waals surface area contributed by atoms with Crippen LogP contribution in [0.5, 0.6) is 0 Å². The predicted molar refractivity (Wildman–Crippen MR) is 102 cm³/mol. The first-order chi connectivity index (χ1) is 12.0. The second-order valence-electron chi connectivity index (χ2n) is 6.32. The van der Waals surface area contributed by atoms with Crippen molar-refractivity contribution in [1.29, 1.82) is 0 Å². The largest absolute Gasteiger partial charge is 0.472 e. The van der Waals surface area contributed by atoms with E-state index in [1.54, 1.807) is 12.5 Å². The highest BCUT2D eigenvalue weighted by Crippen LogP contribution is 2.24. The number of nitrogens with one attached hydrogen (secondary N) is 1. The van der Waals surface area contributed by atoms with E-state index in [-0.39, 0.29) is 11.8 Å². The molecule has 1 saturated heterocycles. The molecule has 1 aromatic carbocycles. The van der Waals surface area contributed by atoms with Gasteiger partial charge in [0.05, 0.1) is 24.3 Å². The van der Waals surface area contributed by atoms with Crippen LogP contribution < -0.4 is 4.72 Å². The fourth-order valence-corrected chi connectivity index (χ4v) is 5.15. The molecule has 1 unspecified atom stereocenters. The minimum atomic E-state index is -3.39. The number of furan rings is 1. The van der Waals surface area contributed by atoms with Gasteiger partial charge in [-0.3, -0.25) is 4.90 Å². The highest BCUT2D eigenvalue weighted by atomic mass is 32.2. The number of thioether (sulfide) groups is 1.